The number of allylic oxidation sites excluding steroid dienone is 1. The molecule has 4 aliphatic rings. The van der Waals surface area contributed by atoms with Crippen LogP contribution in [0, 0.1) is 11.6 Å². The Morgan fingerprint density at radius 1 is 0.604 bits per heavy atom. The molecule has 0 radical (unpaired) electrons. The SMILES string of the molecule is C.C.CC1(C)OC[C@@H](C=C2C(=O)c3cc(F)ccc3Cc3ccccc32)O1.CC1(C)OC[C@@H](C=O)O1.O=C1Cc2ccccc2Cc2ccc(F)cc21. The van der Waals surface area contributed by atoms with E-state index in [-0.39, 0.29) is 44.4 Å². The molecule has 7 nitrogen and oxygen atoms in total. The molecule has 2 heterocycles. The van der Waals surface area contributed by atoms with E-state index in [0.717, 1.165) is 39.7 Å². The van der Waals surface area contributed by atoms with Gasteiger partial charge >= 0.3 is 0 Å². The van der Waals surface area contributed by atoms with Crippen molar-refractivity contribution >= 4 is 23.4 Å². The molecule has 4 aromatic rings. The molecule has 4 aromatic carbocycles. The van der Waals surface area contributed by atoms with E-state index in [1.54, 1.807) is 26.0 Å². The summed E-state index contributed by atoms with van der Waals surface area (Å²) >= 11 is 0. The largest absolute Gasteiger partial charge is 0.347 e. The molecule has 0 N–H and O–H groups in total. The number of Topliss-reactive ketones (excluding diaryl/α,β-unsaturated/α-hetero) is 2. The number of benzene rings is 4. The Morgan fingerprint density at radius 3 is 1.62 bits per heavy atom. The van der Waals surface area contributed by atoms with Crippen molar-refractivity contribution in [3.8, 4) is 0 Å². The second-order valence-electron chi connectivity index (χ2n) is 13.8. The minimum Gasteiger partial charge on any atom is -0.347 e. The van der Waals surface area contributed by atoms with Crippen LogP contribution in [0.3, 0.4) is 0 Å². The summed E-state index contributed by atoms with van der Waals surface area (Å²) in [6.45, 7) is 8.05. The van der Waals surface area contributed by atoms with Crippen molar-refractivity contribution in [3.63, 3.8) is 0 Å². The highest BCUT2D eigenvalue weighted by atomic mass is 19.1. The highest BCUT2D eigenvalue weighted by molar-refractivity contribution is 6.30. The molecule has 0 bridgehead atoms. The van der Waals surface area contributed by atoms with Gasteiger partial charge in [-0.1, -0.05) is 75.5 Å². The molecule has 0 spiro atoms. The van der Waals surface area contributed by atoms with Gasteiger partial charge in [-0.05, 0) is 104 Å². The smallest absolute Gasteiger partial charge is 0.193 e. The molecule has 9 heteroatoms. The van der Waals surface area contributed by atoms with Crippen LogP contribution in [-0.4, -0.2) is 54.8 Å². The van der Waals surface area contributed by atoms with Crippen molar-refractivity contribution in [1.82, 2.24) is 0 Å². The van der Waals surface area contributed by atoms with Gasteiger partial charge < -0.3 is 23.7 Å². The molecule has 2 aliphatic carbocycles. The van der Waals surface area contributed by atoms with E-state index in [1.807, 2.05) is 68.5 Å². The summed E-state index contributed by atoms with van der Waals surface area (Å²) < 4.78 is 48.6. The topological polar surface area (TPSA) is 88.1 Å². The molecule has 8 rings (SSSR count). The fourth-order valence-corrected chi connectivity index (χ4v) is 6.59. The summed E-state index contributed by atoms with van der Waals surface area (Å²) in [5.41, 5.74) is 7.38. The highest BCUT2D eigenvalue weighted by Gasteiger charge is 2.34. The highest BCUT2D eigenvalue weighted by Crippen LogP contribution is 2.34. The maximum atomic E-state index is 13.7. The molecule has 2 saturated heterocycles. The number of hydrogen-bond donors (Lipinski definition) is 0. The predicted octanol–water partition coefficient (Wildman–Crippen LogP) is 8.91. The van der Waals surface area contributed by atoms with Crippen molar-refractivity contribution in [2.45, 2.75) is 85.6 Å². The standard InChI is InChI=1S/C21H19FO3.C15H11FO.C6H10O3.2CH4/c1-21(2)24-12-16(25-21)11-19-17-6-4-3-5-13(17)9-14-7-8-15(22)10-18(14)20(19)23;16-13-6-5-12-7-10-3-1-2-4-11(10)8-15(17)14(12)9-13;1-6(2)8-4-5(3-7)9-6;;/h3-8,10-11,16H,9,12H2,1-2H3;1-6,9H,7-8H2;3,5H,4H2,1-2H3;2*1H4/t16-;;5-;;/m1.1../s1. The fourth-order valence-electron chi connectivity index (χ4n) is 6.59. The monoisotopic (exact) mass is 726 g/mol. The maximum absolute atomic E-state index is 13.7. The van der Waals surface area contributed by atoms with E-state index in [0.29, 0.717) is 49.2 Å². The van der Waals surface area contributed by atoms with Gasteiger partial charge in [0, 0.05) is 23.1 Å². The van der Waals surface area contributed by atoms with E-state index in [2.05, 4.69) is 0 Å². The van der Waals surface area contributed by atoms with Crippen LogP contribution in [0.25, 0.3) is 5.57 Å². The van der Waals surface area contributed by atoms with Crippen LogP contribution in [-0.2, 0) is 43.0 Å². The summed E-state index contributed by atoms with van der Waals surface area (Å²) in [5, 5.41) is 0. The lowest BCUT2D eigenvalue weighted by Gasteiger charge is -2.16. The summed E-state index contributed by atoms with van der Waals surface area (Å²) in [7, 11) is 0. The molecule has 280 valence electrons. The zero-order valence-electron chi connectivity index (χ0n) is 29.0. The van der Waals surface area contributed by atoms with Crippen LogP contribution >= 0.6 is 0 Å². The third-order valence-electron chi connectivity index (χ3n) is 9.04. The molecule has 2 atom stereocenters. The summed E-state index contributed by atoms with van der Waals surface area (Å²) in [4.78, 5) is 35.3. The van der Waals surface area contributed by atoms with E-state index in [4.69, 9.17) is 18.9 Å². The molecule has 0 amide bonds. The van der Waals surface area contributed by atoms with Crippen molar-refractivity contribution < 1.29 is 42.1 Å². The number of carbonyl (C=O) groups is 3. The number of ether oxygens (including phenoxy) is 4. The van der Waals surface area contributed by atoms with Gasteiger partial charge in [0.1, 0.15) is 23.8 Å². The Morgan fingerprint density at radius 2 is 1.08 bits per heavy atom. The van der Waals surface area contributed by atoms with Crippen molar-refractivity contribution in [3.05, 3.63) is 147 Å². The Kier molecular flexibility index (Phi) is 13.2. The second-order valence-corrected chi connectivity index (χ2v) is 13.8. The molecular weight excluding hydrogens is 678 g/mol. The maximum Gasteiger partial charge on any atom is 0.193 e. The normalized spacial score (nSPS) is 20.9. The zero-order chi connectivity index (χ0) is 36.3. The molecule has 53 heavy (non-hydrogen) atoms. The van der Waals surface area contributed by atoms with Crippen LogP contribution in [0.4, 0.5) is 8.78 Å². The summed E-state index contributed by atoms with van der Waals surface area (Å²) in [5.74, 6) is -2.15. The van der Waals surface area contributed by atoms with Gasteiger partial charge in [0.25, 0.3) is 0 Å². The van der Waals surface area contributed by atoms with Crippen molar-refractivity contribution in [2.75, 3.05) is 13.2 Å². The number of ketones is 2. The number of halogens is 2. The van der Waals surface area contributed by atoms with Crippen LogP contribution in [0.15, 0.2) is 91.0 Å². The van der Waals surface area contributed by atoms with Gasteiger partial charge in [-0.15, -0.1) is 0 Å². The van der Waals surface area contributed by atoms with Gasteiger partial charge in [-0.2, -0.15) is 0 Å². The van der Waals surface area contributed by atoms with Crippen LogP contribution in [0.1, 0.15) is 96.6 Å². The first-order chi connectivity index (χ1) is 24.3. The van der Waals surface area contributed by atoms with E-state index in [1.165, 1.54) is 24.3 Å². The minimum atomic E-state index is -0.668. The Bertz CT molecular complexity index is 2000. The van der Waals surface area contributed by atoms with Crippen LogP contribution in [0.2, 0.25) is 0 Å². The van der Waals surface area contributed by atoms with Gasteiger partial charge in [-0.25, -0.2) is 8.78 Å². The first-order valence-electron chi connectivity index (χ1n) is 16.9. The number of fused-ring (bicyclic) bond motifs is 4. The number of rotatable bonds is 2. The van der Waals surface area contributed by atoms with Crippen LogP contribution < -0.4 is 0 Å². The molecular formula is C44H48F2O7. The first kappa shape index (κ1) is 41.1. The number of carbonyl (C=O) groups excluding carboxylic acids is 3. The molecule has 0 unspecified atom stereocenters. The quantitative estimate of drug-likeness (QED) is 0.151. The lowest BCUT2D eigenvalue weighted by atomic mass is 9.95. The Hall–Kier alpha value is -4.67. The molecule has 2 aliphatic heterocycles. The van der Waals surface area contributed by atoms with E-state index < -0.39 is 17.4 Å². The Labute approximate surface area is 310 Å². The lowest BCUT2D eigenvalue weighted by Crippen LogP contribution is -2.21. The van der Waals surface area contributed by atoms with Crippen molar-refractivity contribution in [2.24, 2.45) is 0 Å². The average molecular weight is 727 g/mol. The first-order valence-corrected chi connectivity index (χ1v) is 16.9. The number of aldehydes is 1. The van der Waals surface area contributed by atoms with Crippen LogP contribution in [0.5, 0.6) is 0 Å². The molecule has 2 fully saturated rings. The van der Waals surface area contributed by atoms with E-state index in [9.17, 15) is 23.2 Å². The lowest BCUT2D eigenvalue weighted by molar-refractivity contribution is -0.145. The zero-order valence-corrected chi connectivity index (χ0v) is 29.0. The average Bonchev–Trinajstić information content (AvgIpc) is 3.57. The Balaban J connectivity index is 0.000000194. The molecule has 0 saturated carbocycles. The molecule has 0 aromatic heterocycles. The van der Waals surface area contributed by atoms with Gasteiger partial charge in [0.2, 0.25) is 0 Å². The predicted molar refractivity (Wildman–Crippen MR) is 201 cm³/mol. The van der Waals surface area contributed by atoms with Gasteiger partial charge in [-0.3, -0.25) is 9.59 Å². The van der Waals surface area contributed by atoms with Gasteiger partial charge in [0.15, 0.2) is 29.4 Å². The van der Waals surface area contributed by atoms with Crippen molar-refractivity contribution in [1.29, 1.82) is 0 Å². The third kappa shape index (κ3) is 9.86. The summed E-state index contributed by atoms with van der Waals surface area (Å²) in [6.07, 6.45) is 3.58. The fraction of sp³-hybridized carbons (Fsp3) is 0.341. The minimum absolute atomic E-state index is 0. The van der Waals surface area contributed by atoms with Gasteiger partial charge in [0.05, 0.1) is 13.2 Å². The third-order valence-corrected chi connectivity index (χ3v) is 9.04. The second kappa shape index (κ2) is 17.0. The number of hydrogen-bond acceptors (Lipinski definition) is 7. The summed E-state index contributed by atoms with van der Waals surface area (Å²) in [6, 6.07) is 24.6. The van der Waals surface area contributed by atoms with E-state index >= 15 is 0 Å².